The number of benzene rings is 1. The van der Waals surface area contributed by atoms with Gasteiger partial charge in [0.2, 0.25) is 0 Å². The molecule has 0 atom stereocenters. The second-order valence-electron chi connectivity index (χ2n) is 5.17. The molecule has 0 unspecified atom stereocenters. The molecule has 2 rings (SSSR count). The summed E-state index contributed by atoms with van der Waals surface area (Å²) in [6.07, 6.45) is 7.62. The second-order valence-corrected chi connectivity index (χ2v) is 6.34. The van der Waals surface area contributed by atoms with Gasteiger partial charge in [-0.1, -0.05) is 57.4 Å². The van der Waals surface area contributed by atoms with Crippen LogP contribution in [0.1, 0.15) is 50.0 Å². The quantitative estimate of drug-likeness (QED) is 0.534. The molecule has 0 aliphatic carbocycles. The third-order valence-electron chi connectivity index (χ3n) is 3.47. The fourth-order valence-corrected chi connectivity index (χ4v) is 3.44. The summed E-state index contributed by atoms with van der Waals surface area (Å²) in [6, 6.07) is 13.7. The first-order chi connectivity index (χ1) is 9.33. The average molecular weight is 272 g/mol. The number of thiophene rings is 1. The summed E-state index contributed by atoms with van der Waals surface area (Å²) in [6.45, 7) is 4.50. The maximum absolute atomic E-state index is 2.30. The minimum atomic E-state index is 1.21. The molecule has 0 radical (unpaired) electrons. The van der Waals surface area contributed by atoms with Gasteiger partial charge in [-0.25, -0.2) is 0 Å². The first-order valence-corrected chi connectivity index (χ1v) is 8.33. The molecule has 0 nitrogen and oxygen atoms in total. The molecule has 102 valence electrons. The summed E-state index contributed by atoms with van der Waals surface area (Å²) in [5.41, 5.74) is 2.84. The maximum atomic E-state index is 2.30. The van der Waals surface area contributed by atoms with Crippen LogP contribution in [0.2, 0.25) is 0 Å². The Morgan fingerprint density at radius 2 is 1.58 bits per heavy atom. The van der Waals surface area contributed by atoms with Gasteiger partial charge in [0.25, 0.3) is 0 Å². The summed E-state index contributed by atoms with van der Waals surface area (Å²) < 4.78 is 0. The van der Waals surface area contributed by atoms with Crippen molar-refractivity contribution in [2.45, 2.75) is 52.4 Å². The van der Waals surface area contributed by atoms with Crippen molar-refractivity contribution in [3.05, 3.63) is 46.8 Å². The standard InChI is InChI=1S/C18H24S/c1-3-5-6-8-15-9-11-16(12-10-15)18-14-13-17(19-18)7-4-2/h9-14H,3-8H2,1-2H3. The fraction of sp³-hybridized carbons (Fsp3) is 0.444. The summed E-state index contributed by atoms with van der Waals surface area (Å²) in [5.74, 6) is 0. The fourth-order valence-electron chi connectivity index (χ4n) is 2.33. The van der Waals surface area contributed by atoms with E-state index in [2.05, 4.69) is 50.2 Å². The van der Waals surface area contributed by atoms with Gasteiger partial charge in [0, 0.05) is 9.75 Å². The molecule has 1 aromatic carbocycles. The Bertz CT molecular complexity index is 479. The van der Waals surface area contributed by atoms with Gasteiger partial charge in [-0.2, -0.15) is 0 Å². The SMILES string of the molecule is CCCCCc1ccc(-c2ccc(CCC)s2)cc1. The lowest BCUT2D eigenvalue weighted by molar-refractivity contribution is 0.717. The Hall–Kier alpha value is -1.08. The van der Waals surface area contributed by atoms with Crippen LogP contribution in [-0.2, 0) is 12.8 Å². The van der Waals surface area contributed by atoms with Gasteiger partial charge >= 0.3 is 0 Å². The number of hydrogen-bond donors (Lipinski definition) is 0. The van der Waals surface area contributed by atoms with Crippen LogP contribution in [0.5, 0.6) is 0 Å². The van der Waals surface area contributed by atoms with Crippen molar-refractivity contribution in [2.75, 3.05) is 0 Å². The highest BCUT2D eigenvalue weighted by Gasteiger charge is 2.02. The smallest absolute Gasteiger partial charge is 0.0345 e. The highest BCUT2D eigenvalue weighted by Crippen LogP contribution is 2.29. The zero-order valence-electron chi connectivity index (χ0n) is 12.1. The Labute approximate surface area is 121 Å². The lowest BCUT2D eigenvalue weighted by Crippen LogP contribution is -1.85. The van der Waals surface area contributed by atoms with Crippen LogP contribution >= 0.6 is 11.3 Å². The van der Waals surface area contributed by atoms with Gasteiger partial charge in [0.1, 0.15) is 0 Å². The molecule has 19 heavy (non-hydrogen) atoms. The average Bonchev–Trinajstić information content (AvgIpc) is 2.89. The maximum Gasteiger partial charge on any atom is 0.0345 e. The highest BCUT2D eigenvalue weighted by molar-refractivity contribution is 7.15. The molecule has 1 aromatic heterocycles. The van der Waals surface area contributed by atoms with Crippen molar-refractivity contribution in [1.82, 2.24) is 0 Å². The van der Waals surface area contributed by atoms with Gasteiger partial charge in [-0.15, -0.1) is 11.3 Å². The largest absolute Gasteiger partial charge is 0.140 e. The summed E-state index contributed by atoms with van der Waals surface area (Å²) in [7, 11) is 0. The minimum Gasteiger partial charge on any atom is -0.140 e. The van der Waals surface area contributed by atoms with Crippen molar-refractivity contribution in [2.24, 2.45) is 0 Å². The lowest BCUT2D eigenvalue weighted by Gasteiger charge is -2.02. The number of rotatable bonds is 7. The second kappa shape index (κ2) is 7.49. The molecular formula is C18H24S. The number of hydrogen-bond acceptors (Lipinski definition) is 1. The first-order valence-electron chi connectivity index (χ1n) is 7.51. The van der Waals surface area contributed by atoms with E-state index in [-0.39, 0.29) is 0 Å². The van der Waals surface area contributed by atoms with Crippen molar-refractivity contribution < 1.29 is 0 Å². The molecule has 2 aromatic rings. The minimum absolute atomic E-state index is 1.21. The molecular weight excluding hydrogens is 248 g/mol. The summed E-state index contributed by atoms with van der Waals surface area (Å²) in [4.78, 5) is 2.91. The molecule has 1 heterocycles. The predicted octanol–water partition coefficient (Wildman–Crippen LogP) is 6.10. The van der Waals surface area contributed by atoms with E-state index in [1.807, 2.05) is 11.3 Å². The summed E-state index contributed by atoms with van der Waals surface area (Å²) in [5, 5.41) is 0. The molecule has 0 N–H and O–H groups in total. The van der Waals surface area contributed by atoms with E-state index in [9.17, 15) is 0 Å². The Balaban J connectivity index is 2.00. The predicted molar refractivity (Wildman–Crippen MR) is 87.0 cm³/mol. The van der Waals surface area contributed by atoms with E-state index in [1.165, 1.54) is 59.4 Å². The van der Waals surface area contributed by atoms with Gasteiger partial charge in [0.15, 0.2) is 0 Å². The topological polar surface area (TPSA) is 0 Å². The molecule has 0 amide bonds. The van der Waals surface area contributed by atoms with E-state index < -0.39 is 0 Å². The lowest BCUT2D eigenvalue weighted by atomic mass is 10.0. The third-order valence-corrected chi connectivity index (χ3v) is 4.66. The van der Waals surface area contributed by atoms with Crippen molar-refractivity contribution in [1.29, 1.82) is 0 Å². The van der Waals surface area contributed by atoms with E-state index in [1.54, 1.807) is 0 Å². The van der Waals surface area contributed by atoms with Crippen LogP contribution in [0, 0.1) is 0 Å². The van der Waals surface area contributed by atoms with Crippen molar-refractivity contribution in [3.63, 3.8) is 0 Å². The van der Waals surface area contributed by atoms with Crippen LogP contribution < -0.4 is 0 Å². The van der Waals surface area contributed by atoms with Crippen LogP contribution in [0.15, 0.2) is 36.4 Å². The molecule has 0 aliphatic rings. The van der Waals surface area contributed by atoms with E-state index in [4.69, 9.17) is 0 Å². The van der Waals surface area contributed by atoms with E-state index in [0.29, 0.717) is 0 Å². The van der Waals surface area contributed by atoms with Gasteiger partial charge in [0.05, 0.1) is 0 Å². The van der Waals surface area contributed by atoms with Crippen LogP contribution in [0.4, 0.5) is 0 Å². The third kappa shape index (κ3) is 4.21. The van der Waals surface area contributed by atoms with Crippen LogP contribution in [0.25, 0.3) is 10.4 Å². The molecule has 0 aliphatic heterocycles. The van der Waals surface area contributed by atoms with Gasteiger partial charge in [-0.05, 0) is 42.5 Å². The monoisotopic (exact) mass is 272 g/mol. The molecule has 0 saturated heterocycles. The first kappa shape index (κ1) is 14.3. The normalized spacial score (nSPS) is 10.8. The number of aryl methyl sites for hydroxylation is 2. The molecule has 1 heteroatoms. The van der Waals surface area contributed by atoms with Gasteiger partial charge in [-0.3, -0.25) is 0 Å². The van der Waals surface area contributed by atoms with Gasteiger partial charge < -0.3 is 0 Å². The van der Waals surface area contributed by atoms with E-state index >= 15 is 0 Å². The zero-order valence-corrected chi connectivity index (χ0v) is 12.9. The Kier molecular flexibility index (Phi) is 5.65. The van der Waals surface area contributed by atoms with Crippen molar-refractivity contribution in [3.8, 4) is 10.4 Å². The zero-order chi connectivity index (χ0) is 13.5. The summed E-state index contributed by atoms with van der Waals surface area (Å²) >= 11 is 1.94. The molecule has 0 bridgehead atoms. The van der Waals surface area contributed by atoms with Crippen molar-refractivity contribution >= 4 is 11.3 Å². The Morgan fingerprint density at radius 3 is 2.26 bits per heavy atom. The Morgan fingerprint density at radius 1 is 0.789 bits per heavy atom. The van der Waals surface area contributed by atoms with Crippen LogP contribution in [-0.4, -0.2) is 0 Å². The molecule has 0 saturated carbocycles. The number of unbranched alkanes of at least 4 members (excludes halogenated alkanes) is 2. The molecule has 0 spiro atoms. The highest BCUT2D eigenvalue weighted by atomic mass is 32.1. The molecule has 0 fully saturated rings. The van der Waals surface area contributed by atoms with E-state index in [0.717, 1.165) is 0 Å². The van der Waals surface area contributed by atoms with Crippen LogP contribution in [0.3, 0.4) is 0 Å².